The van der Waals surface area contributed by atoms with E-state index in [0.717, 1.165) is 6.42 Å². The van der Waals surface area contributed by atoms with Crippen LogP contribution >= 0.6 is 11.6 Å². The molecular weight excluding hydrogens is 467 g/mol. The van der Waals surface area contributed by atoms with Gasteiger partial charge in [-0.2, -0.15) is 0 Å². The molecule has 5 rings (SSSR count). The quantitative estimate of drug-likeness (QED) is 0.538. The lowest BCUT2D eigenvalue weighted by Gasteiger charge is -2.26. The number of benzene rings is 1. The summed E-state index contributed by atoms with van der Waals surface area (Å²) < 4.78 is 26.9. The number of carbonyl (C=O) groups is 1. The normalized spacial score (nSPS) is 22.9. The first-order chi connectivity index (χ1) is 16.2. The third-order valence-electron chi connectivity index (χ3n) is 6.64. The van der Waals surface area contributed by atoms with Crippen LogP contribution in [0, 0.1) is 12.8 Å². The number of rotatable bonds is 6. The molecule has 3 heterocycles. The number of fused-ring (bicyclic) bond motifs is 1. The highest BCUT2D eigenvalue weighted by Gasteiger charge is 2.41. The lowest BCUT2D eigenvalue weighted by Crippen LogP contribution is -2.27. The predicted octanol–water partition coefficient (Wildman–Crippen LogP) is 3.47. The van der Waals surface area contributed by atoms with Gasteiger partial charge < -0.3 is 29.5 Å². The van der Waals surface area contributed by atoms with E-state index in [4.69, 9.17) is 26.5 Å². The second-order valence-electron chi connectivity index (χ2n) is 8.87. The van der Waals surface area contributed by atoms with Gasteiger partial charge in [-0.05, 0) is 19.4 Å². The van der Waals surface area contributed by atoms with Crippen molar-refractivity contribution in [1.82, 2.24) is 9.55 Å². The van der Waals surface area contributed by atoms with Crippen LogP contribution in [0.15, 0.2) is 27.7 Å². The number of oxazole rings is 1. The minimum absolute atomic E-state index is 0.0322. The third kappa shape index (κ3) is 3.61. The molecule has 3 N–H and O–H groups in total. The van der Waals surface area contributed by atoms with Crippen LogP contribution in [0.2, 0.25) is 5.02 Å². The summed E-state index contributed by atoms with van der Waals surface area (Å²) in [4.78, 5) is 30.9. The summed E-state index contributed by atoms with van der Waals surface area (Å²) in [6, 6.07) is 0.469. The number of nitrogens with two attached hydrogens (primary N) is 1. The maximum absolute atomic E-state index is 14.1. The van der Waals surface area contributed by atoms with Gasteiger partial charge in [0.05, 0.1) is 41.3 Å². The third-order valence-corrected chi connectivity index (χ3v) is 6.93. The number of pyridine rings is 1. The summed E-state index contributed by atoms with van der Waals surface area (Å²) in [6.45, 7) is 2.96. The van der Waals surface area contributed by atoms with E-state index in [1.54, 1.807) is 13.1 Å². The molecule has 1 aliphatic heterocycles. The largest absolute Gasteiger partial charge is 0.492 e. The maximum Gasteiger partial charge on any atom is 0.341 e. The van der Waals surface area contributed by atoms with Crippen molar-refractivity contribution in [3.05, 3.63) is 50.9 Å². The second-order valence-corrected chi connectivity index (χ2v) is 9.28. The summed E-state index contributed by atoms with van der Waals surface area (Å²) >= 11 is 6.64. The molecule has 4 atom stereocenters. The fourth-order valence-corrected chi connectivity index (χ4v) is 5.11. The Balaban J connectivity index is 1.61. The predicted molar refractivity (Wildman–Crippen MR) is 124 cm³/mol. The Labute approximate surface area is 198 Å². The van der Waals surface area contributed by atoms with Crippen molar-refractivity contribution in [2.24, 2.45) is 11.7 Å². The number of carboxylic acid groups (broad SMARTS) is 1. The maximum atomic E-state index is 14.1. The van der Waals surface area contributed by atoms with Gasteiger partial charge in [-0.3, -0.25) is 4.79 Å². The van der Waals surface area contributed by atoms with E-state index in [0.29, 0.717) is 41.7 Å². The Morgan fingerprint density at radius 1 is 1.47 bits per heavy atom. The second kappa shape index (κ2) is 8.28. The van der Waals surface area contributed by atoms with Crippen molar-refractivity contribution in [1.29, 1.82) is 0 Å². The van der Waals surface area contributed by atoms with Crippen LogP contribution in [0.1, 0.15) is 46.9 Å². The average molecular weight is 491 g/mol. The first kappa shape index (κ1) is 22.7. The Morgan fingerprint density at radius 2 is 2.21 bits per heavy atom. The van der Waals surface area contributed by atoms with Crippen LogP contribution < -0.4 is 20.8 Å². The van der Waals surface area contributed by atoms with E-state index < -0.39 is 35.2 Å². The van der Waals surface area contributed by atoms with E-state index in [2.05, 4.69) is 4.98 Å². The zero-order chi connectivity index (χ0) is 24.3. The number of nitrogens with zero attached hydrogens (tertiary/aromatic N) is 3. The molecule has 1 aliphatic carbocycles. The molecular formula is C23H24ClFN4O5. The number of halogens is 2. The molecule has 3 aromatic rings. The molecule has 9 nitrogen and oxygen atoms in total. The number of carboxylic acids is 1. The molecule has 2 aliphatic rings. The average Bonchev–Trinajstić information content (AvgIpc) is 3.16. The Kier molecular flexibility index (Phi) is 5.52. The number of anilines is 1. The fraction of sp³-hybridized carbons (Fsp3) is 0.435. The van der Waals surface area contributed by atoms with Crippen molar-refractivity contribution >= 4 is 34.2 Å². The van der Waals surface area contributed by atoms with E-state index in [1.807, 2.05) is 4.90 Å². The number of hydrogen-bond donors (Lipinski definition) is 2. The van der Waals surface area contributed by atoms with Crippen LogP contribution in [-0.2, 0) is 0 Å². The smallest absolute Gasteiger partial charge is 0.341 e. The van der Waals surface area contributed by atoms with Gasteiger partial charge in [0.15, 0.2) is 5.75 Å². The first-order valence-electron chi connectivity index (χ1n) is 11.0. The van der Waals surface area contributed by atoms with Crippen LogP contribution in [-0.4, -0.2) is 47.0 Å². The van der Waals surface area contributed by atoms with Crippen molar-refractivity contribution in [3.8, 4) is 5.75 Å². The number of ether oxygens (including phenoxy) is 1. The summed E-state index contributed by atoms with van der Waals surface area (Å²) in [7, 11) is 1.45. The topological polar surface area (TPSA) is 124 Å². The van der Waals surface area contributed by atoms with E-state index in [-0.39, 0.29) is 22.7 Å². The SMILES string of the molecule is COc1c(N2CCC(C(N)c3ncc(C)o3)C2)c(Cl)cc2c(=O)c(C(=O)O)cn(C3CC3F)c12. The van der Waals surface area contributed by atoms with Crippen molar-refractivity contribution < 1.29 is 23.4 Å². The zero-order valence-corrected chi connectivity index (χ0v) is 19.4. The Bertz CT molecular complexity index is 1360. The molecule has 1 saturated carbocycles. The zero-order valence-electron chi connectivity index (χ0n) is 18.6. The number of aromatic nitrogens is 2. The summed E-state index contributed by atoms with van der Waals surface area (Å²) in [5.41, 5.74) is 6.17. The molecule has 1 aromatic carbocycles. The van der Waals surface area contributed by atoms with Gasteiger partial charge in [-0.15, -0.1) is 0 Å². The van der Waals surface area contributed by atoms with E-state index in [1.165, 1.54) is 23.9 Å². The van der Waals surface area contributed by atoms with Crippen LogP contribution in [0.25, 0.3) is 10.9 Å². The minimum Gasteiger partial charge on any atom is -0.492 e. The molecule has 0 radical (unpaired) electrons. The van der Waals surface area contributed by atoms with Gasteiger partial charge in [0.2, 0.25) is 11.3 Å². The van der Waals surface area contributed by atoms with E-state index >= 15 is 0 Å². The molecule has 0 bridgehead atoms. The molecule has 34 heavy (non-hydrogen) atoms. The molecule has 11 heteroatoms. The van der Waals surface area contributed by atoms with Crippen molar-refractivity contribution in [2.75, 3.05) is 25.1 Å². The number of alkyl halides is 1. The molecule has 1 saturated heterocycles. The summed E-state index contributed by atoms with van der Waals surface area (Å²) in [6.07, 6.45) is 2.68. The van der Waals surface area contributed by atoms with Gasteiger partial charge >= 0.3 is 5.97 Å². The van der Waals surface area contributed by atoms with Gasteiger partial charge in [0.1, 0.15) is 23.2 Å². The van der Waals surface area contributed by atoms with Crippen LogP contribution in [0.5, 0.6) is 5.75 Å². The van der Waals surface area contributed by atoms with E-state index in [9.17, 15) is 19.1 Å². The highest BCUT2D eigenvalue weighted by molar-refractivity contribution is 6.35. The molecule has 2 aromatic heterocycles. The molecule has 2 fully saturated rings. The summed E-state index contributed by atoms with van der Waals surface area (Å²) in [5.74, 6) is 0.110. The van der Waals surface area contributed by atoms with Crippen molar-refractivity contribution in [2.45, 2.75) is 38.0 Å². The number of hydrogen-bond acceptors (Lipinski definition) is 7. The number of methoxy groups -OCH3 is 1. The Morgan fingerprint density at radius 3 is 2.79 bits per heavy atom. The monoisotopic (exact) mass is 490 g/mol. The minimum atomic E-state index is -1.38. The standard InChI is InChI=1S/C23H24ClFN4O5/c1-10-7-27-22(34-10)17(26)11-3-4-28(8-11)19-14(24)5-12-18(21(19)33-2)29(16-6-15(16)25)9-13(20(12)30)23(31)32/h5,7,9,11,15-17H,3-4,6,8,26H2,1-2H3,(H,31,32). The molecule has 4 unspecified atom stereocenters. The number of aromatic carboxylic acids is 1. The first-order valence-corrected chi connectivity index (χ1v) is 11.3. The van der Waals surface area contributed by atoms with Gasteiger partial charge in [-0.1, -0.05) is 11.6 Å². The summed E-state index contributed by atoms with van der Waals surface area (Å²) in [5, 5.41) is 9.83. The molecule has 180 valence electrons. The van der Waals surface area contributed by atoms with Crippen molar-refractivity contribution in [3.63, 3.8) is 0 Å². The van der Waals surface area contributed by atoms with Crippen LogP contribution in [0.3, 0.4) is 0 Å². The lowest BCUT2D eigenvalue weighted by atomic mass is 10.00. The lowest BCUT2D eigenvalue weighted by molar-refractivity contribution is 0.0694. The van der Waals surface area contributed by atoms with Crippen LogP contribution in [0.4, 0.5) is 10.1 Å². The van der Waals surface area contributed by atoms with Gasteiger partial charge in [-0.25, -0.2) is 14.2 Å². The fourth-order valence-electron chi connectivity index (χ4n) is 4.80. The van der Waals surface area contributed by atoms with Gasteiger partial charge in [0, 0.05) is 31.6 Å². The van der Waals surface area contributed by atoms with Gasteiger partial charge in [0.25, 0.3) is 0 Å². The highest BCUT2D eigenvalue weighted by atomic mass is 35.5. The molecule has 0 amide bonds. The number of aryl methyl sites for hydroxylation is 1. The highest BCUT2D eigenvalue weighted by Crippen LogP contribution is 2.48. The Hall–Kier alpha value is -3.11. The molecule has 0 spiro atoms.